The highest BCUT2D eigenvalue weighted by Crippen LogP contribution is 2.04. The van der Waals surface area contributed by atoms with Gasteiger partial charge in [-0.3, -0.25) is 14.2 Å². The molecular weight excluding hydrogens is 306 g/mol. The van der Waals surface area contributed by atoms with E-state index in [-0.39, 0.29) is 17.9 Å². The quantitative estimate of drug-likeness (QED) is 0.713. The highest BCUT2D eigenvalue weighted by molar-refractivity contribution is 5.77. The Morgan fingerprint density at radius 1 is 1.33 bits per heavy atom. The Kier molecular flexibility index (Phi) is 6.93. The number of amides is 1. The molecule has 0 saturated heterocycles. The Balaban J connectivity index is 1.74. The molecule has 1 amide bonds. The Morgan fingerprint density at radius 2 is 2.12 bits per heavy atom. The maximum Gasteiger partial charge on any atom is 0.261 e. The van der Waals surface area contributed by atoms with E-state index in [4.69, 9.17) is 4.74 Å². The first kappa shape index (κ1) is 18.1. The zero-order chi connectivity index (χ0) is 17.4. The molecule has 0 aliphatic carbocycles. The van der Waals surface area contributed by atoms with Crippen LogP contribution in [0.3, 0.4) is 0 Å². The van der Waals surface area contributed by atoms with Crippen molar-refractivity contribution < 1.29 is 9.53 Å². The second-order valence-corrected chi connectivity index (χ2v) is 6.18. The second-order valence-electron chi connectivity index (χ2n) is 6.18. The summed E-state index contributed by atoms with van der Waals surface area (Å²) in [7, 11) is 0. The Bertz CT molecular complexity index is 725. The number of hydrogen-bond donors (Lipinski definition) is 1. The molecule has 0 bridgehead atoms. The maximum absolute atomic E-state index is 12.3. The third-order valence-corrected chi connectivity index (χ3v) is 3.55. The summed E-state index contributed by atoms with van der Waals surface area (Å²) in [5, 5.41) is 3.41. The molecule has 6 heteroatoms. The minimum Gasteiger partial charge on any atom is -0.381 e. The van der Waals surface area contributed by atoms with Gasteiger partial charge in [-0.25, -0.2) is 4.98 Å². The molecule has 0 radical (unpaired) electrons. The predicted octanol–water partition coefficient (Wildman–Crippen LogP) is 1.97. The minimum absolute atomic E-state index is 0.0704. The average molecular weight is 331 g/mol. The molecule has 0 unspecified atom stereocenters. The summed E-state index contributed by atoms with van der Waals surface area (Å²) in [5.74, 6) is 0.451. The average Bonchev–Trinajstić information content (AvgIpc) is 2.57. The van der Waals surface area contributed by atoms with Gasteiger partial charge in [-0.2, -0.15) is 0 Å². The van der Waals surface area contributed by atoms with Gasteiger partial charge in [-0.15, -0.1) is 0 Å². The van der Waals surface area contributed by atoms with Crippen LogP contribution in [-0.2, 0) is 16.1 Å². The lowest BCUT2D eigenvalue weighted by molar-refractivity contribution is -0.121. The van der Waals surface area contributed by atoms with E-state index >= 15 is 0 Å². The van der Waals surface area contributed by atoms with Crippen molar-refractivity contribution in [3.63, 3.8) is 0 Å². The SMILES string of the molecule is CC(C)COCCCNC(=O)CCn1cnc2ccccc2c1=O. The first-order valence-electron chi connectivity index (χ1n) is 8.36. The van der Waals surface area contributed by atoms with Gasteiger partial charge in [0.15, 0.2) is 0 Å². The van der Waals surface area contributed by atoms with Crippen LogP contribution in [0.1, 0.15) is 26.7 Å². The Labute approximate surface area is 141 Å². The fourth-order valence-corrected chi connectivity index (χ4v) is 2.30. The van der Waals surface area contributed by atoms with Gasteiger partial charge < -0.3 is 10.1 Å². The summed E-state index contributed by atoms with van der Waals surface area (Å²) in [5.41, 5.74) is 0.556. The Morgan fingerprint density at radius 3 is 2.92 bits per heavy atom. The van der Waals surface area contributed by atoms with Gasteiger partial charge >= 0.3 is 0 Å². The molecule has 0 fully saturated rings. The molecule has 1 N–H and O–H groups in total. The van der Waals surface area contributed by atoms with Crippen LogP contribution in [0, 0.1) is 5.92 Å². The molecule has 2 rings (SSSR count). The third kappa shape index (κ3) is 5.45. The van der Waals surface area contributed by atoms with E-state index in [0.29, 0.717) is 36.5 Å². The maximum atomic E-state index is 12.3. The van der Waals surface area contributed by atoms with Gasteiger partial charge in [0.1, 0.15) is 0 Å². The van der Waals surface area contributed by atoms with Crippen molar-refractivity contribution in [1.29, 1.82) is 0 Å². The van der Waals surface area contributed by atoms with E-state index in [1.54, 1.807) is 12.1 Å². The van der Waals surface area contributed by atoms with Crippen molar-refractivity contribution >= 4 is 16.8 Å². The molecule has 24 heavy (non-hydrogen) atoms. The number of para-hydroxylation sites is 1. The summed E-state index contributed by atoms with van der Waals surface area (Å²) in [6, 6.07) is 7.20. The van der Waals surface area contributed by atoms with Crippen LogP contribution < -0.4 is 10.9 Å². The largest absolute Gasteiger partial charge is 0.381 e. The van der Waals surface area contributed by atoms with Crippen LogP contribution in [0.4, 0.5) is 0 Å². The Hall–Kier alpha value is -2.21. The van der Waals surface area contributed by atoms with Crippen molar-refractivity contribution in [2.75, 3.05) is 19.8 Å². The van der Waals surface area contributed by atoms with Crippen molar-refractivity contribution in [2.24, 2.45) is 5.92 Å². The molecule has 2 aromatic rings. The first-order valence-corrected chi connectivity index (χ1v) is 8.36. The van der Waals surface area contributed by atoms with Crippen molar-refractivity contribution in [3.8, 4) is 0 Å². The number of carbonyl (C=O) groups is 1. The smallest absolute Gasteiger partial charge is 0.261 e. The summed E-state index contributed by atoms with van der Waals surface area (Å²) in [4.78, 5) is 28.4. The molecule has 1 aromatic heterocycles. The van der Waals surface area contributed by atoms with Gasteiger partial charge in [0.05, 0.1) is 17.2 Å². The standard InChI is InChI=1S/C18H25N3O3/c1-14(2)12-24-11-5-9-19-17(22)8-10-21-13-20-16-7-4-3-6-15(16)18(21)23/h3-4,6-7,13-14H,5,8-12H2,1-2H3,(H,19,22). The number of nitrogens with zero attached hydrogens (tertiary/aromatic N) is 2. The van der Waals surface area contributed by atoms with E-state index in [1.807, 2.05) is 12.1 Å². The zero-order valence-electron chi connectivity index (χ0n) is 14.3. The monoisotopic (exact) mass is 331 g/mol. The molecule has 130 valence electrons. The van der Waals surface area contributed by atoms with Crippen LogP contribution in [0.15, 0.2) is 35.4 Å². The highest BCUT2D eigenvalue weighted by Gasteiger charge is 2.06. The highest BCUT2D eigenvalue weighted by atomic mass is 16.5. The van der Waals surface area contributed by atoms with Crippen LogP contribution in [-0.4, -0.2) is 35.2 Å². The molecule has 1 heterocycles. The lowest BCUT2D eigenvalue weighted by Gasteiger charge is -2.09. The fraction of sp³-hybridized carbons (Fsp3) is 0.500. The summed E-state index contributed by atoms with van der Waals surface area (Å²) < 4.78 is 6.94. The molecule has 0 spiro atoms. The molecule has 0 atom stereocenters. The number of aryl methyl sites for hydroxylation is 1. The van der Waals surface area contributed by atoms with Gasteiger partial charge in [-0.1, -0.05) is 26.0 Å². The lowest BCUT2D eigenvalue weighted by atomic mass is 10.2. The van der Waals surface area contributed by atoms with Crippen molar-refractivity contribution in [1.82, 2.24) is 14.9 Å². The predicted molar refractivity (Wildman–Crippen MR) is 93.9 cm³/mol. The number of aromatic nitrogens is 2. The van der Waals surface area contributed by atoms with Crippen molar-refractivity contribution in [2.45, 2.75) is 33.2 Å². The van der Waals surface area contributed by atoms with Gasteiger partial charge in [0, 0.05) is 32.7 Å². The number of benzene rings is 1. The lowest BCUT2D eigenvalue weighted by Crippen LogP contribution is -2.28. The zero-order valence-corrected chi connectivity index (χ0v) is 14.3. The number of carbonyl (C=O) groups excluding carboxylic acids is 1. The van der Waals surface area contributed by atoms with E-state index in [2.05, 4.69) is 24.1 Å². The van der Waals surface area contributed by atoms with Crippen LogP contribution in [0.2, 0.25) is 0 Å². The molecule has 0 saturated carbocycles. The van der Waals surface area contributed by atoms with Crippen LogP contribution in [0.5, 0.6) is 0 Å². The van der Waals surface area contributed by atoms with E-state index < -0.39 is 0 Å². The van der Waals surface area contributed by atoms with Crippen LogP contribution >= 0.6 is 0 Å². The topological polar surface area (TPSA) is 73.2 Å². The molecule has 6 nitrogen and oxygen atoms in total. The van der Waals surface area contributed by atoms with Gasteiger partial charge in [-0.05, 0) is 24.5 Å². The summed E-state index contributed by atoms with van der Waals surface area (Å²) in [6.07, 6.45) is 2.54. The van der Waals surface area contributed by atoms with E-state index in [0.717, 1.165) is 13.0 Å². The fourth-order valence-electron chi connectivity index (χ4n) is 2.30. The summed E-state index contributed by atoms with van der Waals surface area (Å²) >= 11 is 0. The number of ether oxygens (including phenoxy) is 1. The van der Waals surface area contributed by atoms with E-state index in [1.165, 1.54) is 10.9 Å². The van der Waals surface area contributed by atoms with E-state index in [9.17, 15) is 9.59 Å². The molecule has 0 aliphatic rings. The van der Waals surface area contributed by atoms with Crippen molar-refractivity contribution in [3.05, 3.63) is 40.9 Å². The van der Waals surface area contributed by atoms with Gasteiger partial charge in [0.2, 0.25) is 5.91 Å². The van der Waals surface area contributed by atoms with Gasteiger partial charge in [0.25, 0.3) is 5.56 Å². The number of nitrogens with one attached hydrogen (secondary N) is 1. The number of rotatable bonds is 9. The minimum atomic E-state index is -0.115. The molecular formula is C18H25N3O3. The number of fused-ring (bicyclic) bond motifs is 1. The first-order chi connectivity index (χ1) is 11.6. The normalized spacial score (nSPS) is 11.1. The second kappa shape index (κ2) is 9.17. The molecule has 1 aromatic carbocycles. The summed E-state index contributed by atoms with van der Waals surface area (Å²) in [6.45, 7) is 6.50. The van der Waals surface area contributed by atoms with Crippen LogP contribution in [0.25, 0.3) is 10.9 Å². The molecule has 0 aliphatic heterocycles. The third-order valence-electron chi connectivity index (χ3n) is 3.55. The number of hydrogen-bond acceptors (Lipinski definition) is 4.